The molecule has 0 aliphatic rings. The van der Waals surface area contributed by atoms with Gasteiger partial charge in [0.25, 0.3) is 5.91 Å². The summed E-state index contributed by atoms with van der Waals surface area (Å²) in [5, 5.41) is 17.3. The average molecular weight is 325 g/mol. The first-order valence-corrected chi connectivity index (χ1v) is 7.63. The average Bonchev–Trinajstić information content (AvgIpc) is 3.23. The minimum absolute atomic E-state index is 0.0370. The Bertz CT molecular complexity index is 834. The molecule has 0 bridgehead atoms. The van der Waals surface area contributed by atoms with E-state index in [1.165, 1.54) is 6.20 Å². The molecule has 0 spiro atoms. The lowest BCUT2D eigenvalue weighted by Crippen LogP contribution is -2.38. The van der Waals surface area contributed by atoms with Gasteiger partial charge in [-0.3, -0.25) is 4.79 Å². The number of carbonyl (C=O) groups excluding carboxylic acids is 1. The van der Waals surface area contributed by atoms with Crippen LogP contribution in [0.25, 0.3) is 5.69 Å². The zero-order valence-electron chi connectivity index (χ0n) is 13.6. The number of para-hydroxylation sites is 1. The van der Waals surface area contributed by atoms with E-state index in [1.807, 2.05) is 30.3 Å². The second kappa shape index (κ2) is 6.33. The van der Waals surface area contributed by atoms with Crippen LogP contribution >= 0.6 is 0 Å². The molecule has 1 amide bonds. The van der Waals surface area contributed by atoms with Crippen molar-refractivity contribution < 1.29 is 14.3 Å². The number of nitrogens with zero attached hydrogens (tertiary/aromatic N) is 2. The maximum Gasteiger partial charge on any atom is 0.254 e. The van der Waals surface area contributed by atoms with Gasteiger partial charge in [0, 0.05) is 6.20 Å². The maximum atomic E-state index is 12.3. The Morgan fingerprint density at radius 3 is 2.71 bits per heavy atom. The van der Waals surface area contributed by atoms with Crippen molar-refractivity contribution in [2.24, 2.45) is 0 Å². The summed E-state index contributed by atoms with van der Waals surface area (Å²) < 4.78 is 7.06. The number of rotatable bonds is 5. The molecular weight excluding hydrogens is 306 g/mol. The van der Waals surface area contributed by atoms with Gasteiger partial charge in [-0.25, -0.2) is 4.68 Å². The van der Waals surface area contributed by atoms with Gasteiger partial charge in [-0.05, 0) is 38.1 Å². The fourth-order valence-corrected chi connectivity index (χ4v) is 2.33. The number of benzene rings is 1. The highest BCUT2D eigenvalue weighted by atomic mass is 16.4. The molecule has 1 aromatic carbocycles. The molecule has 6 nitrogen and oxygen atoms in total. The molecule has 24 heavy (non-hydrogen) atoms. The molecule has 6 heteroatoms. The Morgan fingerprint density at radius 2 is 2.04 bits per heavy atom. The largest absolute Gasteiger partial charge is 0.463 e. The van der Waals surface area contributed by atoms with E-state index in [2.05, 4.69) is 10.4 Å². The standard InChI is InChI=1S/C18H19N3O3/c1-13-8-9-16(24-13)18(2,23)12-19-17(22)14-10-20-21(11-14)15-6-4-3-5-7-15/h3-11,23H,12H2,1-2H3,(H,19,22). The van der Waals surface area contributed by atoms with Crippen LogP contribution in [-0.2, 0) is 5.60 Å². The first-order chi connectivity index (χ1) is 11.5. The third-order valence-electron chi connectivity index (χ3n) is 3.73. The van der Waals surface area contributed by atoms with E-state index in [9.17, 15) is 9.90 Å². The van der Waals surface area contributed by atoms with Crippen molar-refractivity contribution in [2.45, 2.75) is 19.4 Å². The van der Waals surface area contributed by atoms with Crippen molar-refractivity contribution in [3.63, 3.8) is 0 Å². The van der Waals surface area contributed by atoms with E-state index in [0.29, 0.717) is 17.1 Å². The van der Waals surface area contributed by atoms with Crippen molar-refractivity contribution in [1.29, 1.82) is 0 Å². The van der Waals surface area contributed by atoms with E-state index in [1.54, 1.807) is 36.9 Å². The van der Waals surface area contributed by atoms with Crippen molar-refractivity contribution in [1.82, 2.24) is 15.1 Å². The quantitative estimate of drug-likeness (QED) is 0.755. The van der Waals surface area contributed by atoms with Gasteiger partial charge in [-0.15, -0.1) is 0 Å². The van der Waals surface area contributed by atoms with E-state index in [-0.39, 0.29) is 12.5 Å². The second-order valence-corrected chi connectivity index (χ2v) is 5.88. The third kappa shape index (κ3) is 3.38. The van der Waals surface area contributed by atoms with Crippen LogP contribution in [0.3, 0.4) is 0 Å². The Labute approximate surface area is 139 Å². The second-order valence-electron chi connectivity index (χ2n) is 5.88. The molecule has 124 valence electrons. The van der Waals surface area contributed by atoms with Gasteiger partial charge < -0.3 is 14.8 Å². The summed E-state index contributed by atoms with van der Waals surface area (Å²) in [6.07, 6.45) is 3.14. The summed E-state index contributed by atoms with van der Waals surface area (Å²) in [6.45, 7) is 3.43. The molecule has 2 aromatic heterocycles. The molecule has 0 saturated heterocycles. The van der Waals surface area contributed by atoms with E-state index in [4.69, 9.17) is 4.42 Å². The summed E-state index contributed by atoms with van der Waals surface area (Å²) >= 11 is 0. The molecular formula is C18H19N3O3. The van der Waals surface area contributed by atoms with Crippen LogP contribution in [0.1, 0.15) is 28.8 Å². The summed E-state index contributed by atoms with van der Waals surface area (Å²) in [6, 6.07) is 13.0. The Kier molecular flexibility index (Phi) is 4.22. The van der Waals surface area contributed by atoms with Crippen LogP contribution in [-0.4, -0.2) is 27.3 Å². The van der Waals surface area contributed by atoms with Crippen LogP contribution in [0.4, 0.5) is 0 Å². The highest BCUT2D eigenvalue weighted by Crippen LogP contribution is 2.22. The van der Waals surface area contributed by atoms with E-state index < -0.39 is 5.60 Å². The molecule has 0 aliphatic heterocycles. The normalized spacial score (nSPS) is 13.5. The van der Waals surface area contributed by atoms with Crippen molar-refractivity contribution in [3.8, 4) is 5.69 Å². The van der Waals surface area contributed by atoms with Crippen LogP contribution in [0.2, 0.25) is 0 Å². The third-order valence-corrected chi connectivity index (χ3v) is 3.73. The zero-order valence-corrected chi connectivity index (χ0v) is 13.6. The van der Waals surface area contributed by atoms with Gasteiger partial charge >= 0.3 is 0 Å². The molecule has 3 aromatic rings. The van der Waals surface area contributed by atoms with Gasteiger partial charge in [-0.1, -0.05) is 18.2 Å². The van der Waals surface area contributed by atoms with Crippen LogP contribution in [0.5, 0.6) is 0 Å². The highest BCUT2D eigenvalue weighted by molar-refractivity contribution is 5.93. The molecule has 1 unspecified atom stereocenters. The van der Waals surface area contributed by atoms with Crippen LogP contribution in [0.15, 0.2) is 59.3 Å². The van der Waals surface area contributed by atoms with Crippen molar-refractivity contribution in [3.05, 3.63) is 71.9 Å². The first-order valence-electron chi connectivity index (χ1n) is 7.63. The number of aliphatic hydroxyl groups is 1. The summed E-state index contributed by atoms with van der Waals surface area (Å²) in [5.74, 6) is 0.821. The number of aromatic nitrogens is 2. The minimum atomic E-state index is -1.28. The monoisotopic (exact) mass is 325 g/mol. The molecule has 2 heterocycles. The zero-order chi connectivity index (χ0) is 17.2. The summed E-state index contributed by atoms with van der Waals surface area (Å²) in [5.41, 5.74) is 0.0131. The number of hydrogen-bond donors (Lipinski definition) is 2. The highest BCUT2D eigenvalue weighted by Gasteiger charge is 2.27. The summed E-state index contributed by atoms with van der Waals surface area (Å²) in [7, 11) is 0. The van der Waals surface area contributed by atoms with Gasteiger partial charge in [0.2, 0.25) is 0 Å². The molecule has 0 saturated carbocycles. The summed E-state index contributed by atoms with van der Waals surface area (Å²) in [4.78, 5) is 12.3. The lowest BCUT2D eigenvalue weighted by molar-refractivity contribution is 0.0323. The van der Waals surface area contributed by atoms with Gasteiger partial charge in [0.15, 0.2) is 0 Å². The maximum absolute atomic E-state index is 12.3. The van der Waals surface area contributed by atoms with Gasteiger partial charge in [0.1, 0.15) is 17.1 Å². The van der Waals surface area contributed by atoms with E-state index in [0.717, 1.165) is 5.69 Å². The van der Waals surface area contributed by atoms with Crippen molar-refractivity contribution >= 4 is 5.91 Å². The molecule has 0 fully saturated rings. The van der Waals surface area contributed by atoms with Gasteiger partial charge in [0.05, 0.1) is 24.0 Å². The van der Waals surface area contributed by atoms with Crippen LogP contribution < -0.4 is 5.32 Å². The Balaban J connectivity index is 1.66. The topological polar surface area (TPSA) is 80.3 Å². The predicted molar refractivity (Wildman–Crippen MR) is 88.9 cm³/mol. The molecule has 0 radical (unpaired) electrons. The molecule has 3 rings (SSSR count). The number of furan rings is 1. The lowest BCUT2D eigenvalue weighted by Gasteiger charge is -2.21. The van der Waals surface area contributed by atoms with E-state index >= 15 is 0 Å². The van der Waals surface area contributed by atoms with Gasteiger partial charge in [-0.2, -0.15) is 5.10 Å². The molecule has 2 N–H and O–H groups in total. The first kappa shape index (κ1) is 16.0. The fraction of sp³-hybridized carbons (Fsp3) is 0.222. The SMILES string of the molecule is Cc1ccc(C(C)(O)CNC(=O)c2cnn(-c3ccccc3)c2)o1. The van der Waals surface area contributed by atoms with Crippen molar-refractivity contribution in [2.75, 3.05) is 6.54 Å². The molecule has 1 atom stereocenters. The number of aryl methyl sites for hydroxylation is 1. The molecule has 0 aliphatic carbocycles. The number of amides is 1. The Morgan fingerprint density at radius 1 is 1.29 bits per heavy atom. The smallest absolute Gasteiger partial charge is 0.254 e. The predicted octanol–water partition coefficient (Wildman–Crippen LogP) is 2.41. The van der Waals surface area contributed by atoms with Crippen LogP contribution in [0, 0.1) is 6.92 Å². The fourth-order valence-electron chi connectivity index (χ4n) is 2.33. The number of carbonyl (C=O) groups is 1. The number of hydrogen-bond acceptors (Lipinski definition) is 4. The number of nitrogens with one attached hydrogen (secondary N) is 1. The minimum Gasteiger partial charge on any atom is -0.463 e. The Hall–Kier alpha value is -2.86. The lowest BCUT2D eigenvalue weighted by atomic mass is 10.0.